The van der Waals surface area contributed by atoms with E-state index in [2.05, 4.69) is 0 Å². The molecule has 1 aromatic rings. The van der Waals surface area contributed by atoms with Crippen LogP contribution >= 0.6 is 11.6 Å². The molecule has 4 nitrogen and oxygen atoms in total. The van der Waals surface area contributed by atoms with E-state index in [0.717, 1.165) is 50.0 Å². The number of hydrogen-bond acceptors (Lipinski definition) is 3. The van der Waals surface area contributed by atoms with E-state index in [1.165, 1.54) is 0 Å². The molecule has 2 heterocycles. The Morgan fingerprint density at radius 2 is 2.26 bits per heavy atom. The smallest absolute Gasteiger partial charge is 0.263 e. The topological polar surface area (TPSA) is 48.3 Å². The molecule has 0 aromatic carbocycles. The lowest BCUT2D eigenvalue weighted by atomic mass is 10.1. The van der Waals surface area contributed by atoms with Gasteiger partial charge in [0.15, 0.2) is 0 Å². The van der Waals surface area contributed by atoms with Gasteiger partial charge in [-0.1, -0.05) is 0 Å². The van der Waals surface area contributed by atoms with Gasteiger partial charge >= 0.3 is 0 Å². The standard InChI is InChI=1S/C14H16ClNO3/c15-13(17)11-7-9-3-1-5-12(9)16(14(11)18)8-10-4-2-6-19-10/h7,10H,1-6,8H2. The quantitative estimate of drug-likeness (QED) is 0.795. The highest BCUT2D eigenvalue weighted by Gasteiger charge is 2.24. The summed E-state index contributed by atoms with van der Waals surface area (Å²) in [5.74, 6) is 0. The predicted molar refractivity (Wildman–Crippen MR) is 71.9 cm³/mol. The van der Waals surface area contributed by atoms with Gasteiger partial charge < -0.3 is 9.30 Å². The molecule has 1 aromatic heterocycles. The van der Waals surface area contributed by atoms with Crippen molar-refractivity contribution in [3.05, 3.63) is 33.2 Å². The fraction of sp³-hybridized carbons (Fsp3) is 0.571. The number of carbonyl (C=O) groups excluding carboxylic acids is 1. The second kappa shape index (κ2) is 5.10. The molecule has 1 aliphatic heterocycles. The highest BCUT2D eigenvalue weighted by Crippen LogP contribution is 2.23. The van der Waals surface area contributed by atoms with Crippen molar-refractivity contribution in [2.75, 3.05) is 6.61 Å². The molecule has 1 atom stereocenters. The molecule has 1 saturated heterocycles. The summed E-state index contributed by atoms with van der Waals surface area (Å²) in [6.07, 6.45) is 4.94. The van der Waals surface area contributed by atoms with Gasteiger partial charge in [0.2, 0.25) is 0 Å². The summed E-state index contributed by atoms with van der Waals surface area (Å²) in [5.41, 5.74) is 1.97. The Morgan fingerprint density at radius 3 is 2.95 bits per heavy atom. The number of aryl methyl sites for hydroxylation is 1. The molecule has 0 spiro atoms. The Kier molecular flexibility index (Phi) is 3.46. The molecule has 1 unspecified atom stereocenters. The van der Waals surface area contributed by atoms with Gasteiger partial charge in [0.1, 0.15) is 0 Å². The van der Waals surface area contributed by atoms with Crippen LogP contribution in [0.3, 0.4) is 0 Å². The predicted octanol–water partition coefficient (Wildman–Crippen LogP) is 1.90. The molecule has 0 bridgehead atoms. The number of fused-ring (bicyclic) bond motifs is 1. The zero-order valence-electron chi connectivity index (χ0n) is 10.7. The van der Waals surface area contributed by atoms with Crippen LogP contribution in [0.15, 0.2) is 10.9 Å². The first kappa shape index (κ1) is 12.9. The first-order valence-electron chi connectivity index (χ1n) is 6.74. The third-order valence-electron chi connectivity index (χ3n) is 3.97. The Balaban J connectivity index is 2.05. The summed E-state index contributed by atoms with van der Waals surface area (Å²) in [6, 6.07) is 1.67. The Hall–Kier alpha value is -1.13. The number of ether oxygens (including phenoxy) is 1. The van der Waals surface area contributed by atoms with Gasteiger partial charge in [0.05, 0.1) is 18.2 Å². The fourth-order valence-corrected chi connectivity index (χ4v) is 3.18. The number of carbonyl (C=O) groups is 1. The zero-order chi connectivity index (χ0) is 13.4. The lowest BCUT2D eigenvalue weighted by molar-refractivity contribution is 0.0950. The van der Waals surface area contributed by atoms with Crippen molar-refractivity contribution in [1.82, 2.24) is 4.57 Å². The summed E-state index contributed by atoms with van der Waals surface area (Å²) < 4.78 is 7.31. The average Bonchev–Trinajstić information content (AvgIpc) is 3.02. The summed E-state index contributed by atoms with van der Waals surface area (Å²) in [4.78, 5) is 23.7. The summed E-state index contributed by atoms with van der Waals surface area (Å²) in [5, 5.41) is -0.666. The van der Waals surface area contributed by atoms with Gasteiger partial charge in [0.25, 0.3) is 10.8 Å². The van der Waals surface area contributed by atoms with E-state index in [-0.39, 0.29) is 17.2 Å². The maximum absolute atomic E-state index is 12.4. The number of halogens is 1. The minimum Gasteiger partial charge on any atom is -0.376 e. The minimum absolute atomic E-state index is 0.0862. The van der Waals surface area contributed by atoms with Crippen LogP contribution < -0.4 is 5.56 Å². The number of rotatable bonds is 3. The SMILES string of the molecule is O=C(Cl)c1cc2c(n(CC3CCCO3)c1=O)CCC2. The molecule has 0 radical (unpaired) electrons. The van der Waals surface area contributed by atoms with Gasteiger partial charge in [-0.3, -0.25) is 9.59 Å². The molecule has 3 rings (SSSR count). The highest BCUT2D eigenvalue weighted by atomic mass is 35.5. The van der Waals surface area contributed by atoms with Crippen molar-refractivity contribution in [3.63, 3.8) is 0 Å². The Morgan fingerprint density at radius 1 is 1.42 bits per heavy atom. The molecule has 0 saturated carbocycles. The van der Waals surface area contributed by atoms with E-state index in [1.54, 1.807) is 10.6 Å². The van der Waals surface area contributed by atoms with Crippen LogP contribution in [0, 0.1) is 0 Å². The van der Waals surface area contributed by atoms with Gasteiger partial charge in [-0.25, -0.2) is 0 Å². The zero-order valence-corrected chi connectivity index (χ0v) is 11.4. The van der Waals surface area contributed by atoms with Crippen molar-refractivity contribution >= 4 is 16.8 Å². The number of aromatic nitrogens is 1. The second-order valence-electron chi connectivity index (χ2n) is 5.21. The van der Waals surface area contributed by atoms with Crippen molar-refractivity contribution in [3.8, 4) is 0 Å². The van der Waals surface area contributed by atoms with Crippen molar-refractivity contribution in [2.24, 2.45) is 0 Å². The van der Waals surface area contributed by atoms with E-state index in [0.29, 0.717) is 6.54 Å². The summed E-state index contributed by atoms with van der Waals surface area (Å²) in [6.45, 7) is 1.30. The van der Waals surface area contributed by atoms with Crippen LogP contribution in [0.5, 0.6) is 0 Å². The van der Waals surface area contributed by atoms with Crippen molar-refractivity contribution in [1.29, 1.82) is 0 Å². The second-order valence-corrected chi connectivity index (χ2v) is 5.55. The monoisotopic (exact) mass is 281 g/mol. The van der Waals surface area contributed by atoms with Gasteiger partial charge in [-0.15, -0.1) is 0 Å². The Labute approximate surface area is 116 Å². The van der Waals surface area contributed by atoms with Crippen LogP contribution in [-0.4, -0.2) is 22.5 Å². The molecule has 1 aliphatic carbocycles. The number of pyridine rings is 1. The highest BCUT2D eigenvalue weighted by molar-refractivity contribution is 6.67. The van der Waals surface area contributed by atoms with Gasteiger partial charge in [-0.05, 0) is 55.3 Å². The van der Waals surface area contributed by atoms with Crippen LogP contribution in [0.2, 0.25) is 0 Å². The molecule has 2 aliphatic rings. The molecule has 0 N–H and O–H groups in total. The normalized spacial score (nSPS) is 21.6. The first-order valence-corrected chi connectivity index (χ1v) is 7.11. The molecular formula is C14H16ClNO3. The third kappa shape index (κ3) is 2.35. The molecule has 19 heavy (non-hydrogen) atoms. The van der Waals surface area contributed by atoms with Gasteiger partial charge in [-0.2, -0.15) is 0 Å². The van der Waals surface area contributed by atoms with E-state index >= 15 is 0 Å². The molecule has 1 fully saturated rings. The first-order chi connectivity index (χ1) is 9.16. The maximum atomic E-state index is 12.4. The van der Waals surface area contributed by atoms with Crippen molar-refractivity contribution in [2.45, 2.75) is 44.8 Å². The van der Waals surface area contributed by atoms with E-state index < -0.39 is 5.24 Å². The maximum Gasteiger partial charge on any atom is 0.263 e. The Bertz CT molecular complexity index is 573. The molecular weight excluding hydrogens is 266 g/mol. The van der Waals surface area contributed by atoms with Crippen LogP contribution in [0.25, 0.3) is 0 Å². The van der Waals surface area contributed by atoms with Gasteiger partial charge in [0, 0.05) is 12.3 Å². The molecule has 0 amide bonds. The van der Waals surface area contributed by atoms with E-state index in [1.807, 2.05) is 0 Å². The number of nitrogens with zero attached hydrogens (tertiary/aromatic N) is 1. The average molecular weight is 282 g/mol. The third-order valence-corrected chi connectivity index (χ3v) is 4.18. The van der Waals surface area contributed by atoms with Crippen LogP contribution in [0.1, 0.15) is 40.9 Å². The largest absolute Gasteiger partial charge is 0.376 e. The van der Waals surface area contributed by atoms with E-state index in [4.69, 9.17) is 16.3 Å². The lowest BCUT2D eigenvalue weighted by Gasteiger charge is -2.17. The summed E-state index contributed by atoms with van der Waals surface area (Å²) >= 11 is 5.52. The lowest BCUT2D eigenvalue weighted by Crippen LogP contribution is -2.32. The summed E-state index contributed by atoms with van der Waals surface area (Å²) in [7, 11) is 0. The van der Waals surface area contributed by atoms with E-state index in [9.17, 15) is 9.59 Å². The van der Waals surface area contributed by atoms with Crippen molar-refractivity contribution < 1.29 is 9.53 Å². The fourth-order valence-electron chi connectivity index (χ4n) is 3.04. The molecule has 5 heteroatoms. The molecule has 102 valence electrons. The van der Waals surface area contributed by atoms with Crippen LogP contribution in [0.4, 0.5) is 0 Å². The number of hydrogen-bond donors (Lipinski definition) is 0. The van der Waals surface area contributed by atoms with Crippen LogP contribution in [-0.2, 0) is 24.1 Å². The minimum atomic E-state index is -0.666.